The van der Waals surface area contributed by atoms with E-state index in [0.717, 1.165) is 26.2 Å². The maximum atomic E-state index is 10.6. The Labute approximate surface area is 59.0 Å². The molecule has 0 radical (unpaired) electrons. The predicted molar refractivity (Wildman–Crippen MR) is 34.6 cm³/mol. The van der Waals surface area contributed by atoms with Gasteiger partial charge in [0.05, 0.1) is 0 Å². The van der Waals surface area contributed by atoms with Gasteiger partial charge in [0.1, 0.15) is 0 Å². The van der Waals surface area contributed by atoms with E-state index in [1.54, 1.807) is 0 Å². The number of carboxylic acid groups (broad SMARTS) is 1. The summed E-state index contributed by atoms with van der Waals surface area (Å²) in [6.07, 6.45) is -0.306. The minimum atomic E-state index is -0.699. The van der Waals surface area contributed by atoms with Crippen molar-refractivity contribution >= 4 is 5.97 Å². The monoisotopic (exact) mass is 142 g/mol. The Morgan fingerprint density at radius 3 is 1.80 bits per heavy atom. The second kappa shape index (κ2) is 1.93. The number of hydrogen-bond donors (Lipinski definition) is 1. The van der Waals surface area contributed by atoms with Crippen molar-refractivity contribution < 1.29 is 9.90 Å². The van der Waals surface area contributed by atoms with E-state index in [4.69, 9.17) is 5.11 Å². The summed E-state index contributed by atoms with van der Waals surface area (Å²) < 4.78 is 0. The number of rotatable bonds is 3. The van der Waals surface area contributed by atoms with Crippen LogP contribution in [0.4, 0.5) is 0 Å². The van der Waals surface area contributed by atoms with Crippen LogP contribution >= 0.6 is 0 Å². The second-order valence-electron chi connectivity index (χ2n) is 2.78. The summed E-state index contributed by atoms with van der Waals surface area (Å²) in [6, 6.07) is 0. The van der Waals surface area contributed by atoms with E-state index >= 15 is 0 Å². The molecule has 0 aromatic carbocycles. The lowest BCUT2D eigenvalue weighted by atomic mass is 10.5. The molecule has 1 N–H and O–H groups in total. The molecule has 2 fully saturated rings. The van der Waals surface area contributed by atoms with E-state index in [-0.39, 0.29) is 6.17 Å². The number of aliphatic carboxylic acids is 1. The van der Waals surface area contributed by atoms with Gasteiger partial charge in [-0.25, -0.2) is 4.79 Å². The summed E-state index contributed by atoms with van der Waals surface area (Å²) in [5, 5.41) is 8.71. The molecule has 56 valence electrons. The van der Waals surface area contributed by atoms with Crippen LogP contribution in [-0.2, 0) is 4.79 Å². The van der Waals surface area contributed by atoms with Crippen molar-refractivity contribution in [1.82, 2.24) is 9.80 Å². The third kappa shape index (κ3) is 0.998. The average molecular weight is 142 g/mol. The van der Waals surface area contributed by atoms with Crippen LogP contribution in [0.25, 0.3) is 0 Å². The van der Waals surface area contributed by atoms with Gasteiger partial charge in [0.2, 0.25) is 0 Å². The van der Waals surface area contributed by atoms with E-state index in [1.165, 1.54) is 0 Å². The first kappa shape index (κ1) is 6.12. The van der Waals surface area contributed by atoms with Gasteiger partial charge in [-0.2, -0.15) is 0 Å². The van der Waals surface area contributed by atoms with Gasteiger partial charge in [-0.05, 0) is 0 Å². The smallest absolute Gasteiger partial charge is 0.336 e. The molecule has 2 aliphatic heterocycles. The lowest BCUT2D eigenvalue weighted by molar-refractivity contribution is -0.144. The first-order chi connectivity index (χ1) is 4.79. The van der Waals surface area contributed by atoms with Crippen LogP contribution in [0.1, 0.15) is 0 Å². The van der Waals surface area contributed by atoms with E-state index in [2.05, 4.69) is 0 Å². The number of carbonyl (C=O) groups is 1. The molecule has 10 heavy (non-hydrogen) atoms. The van der Waals surface area contributed by atoms with Gasteiger partial charge < -0.3 is 5.11 Å². The summed E-state index contributed by atoms with van der Waals surface area (Å²) in [4.78, 5) is 14.5. The molecule has 0 bridgehead atoms. The molecule has 2 aliphatic rings. The number of hydrogen-bond acceptors (Lipinski definition) is 3. The summed E-state index contributed by atoms with van der Waals surface area (Å²) in [7, 11) is 0. The number of carboxylic acids is 1. The maximum Gasteiger partial charge on any atom is 0.336 e. The molecule has 0 spiro atoms. The Hall–Kier alpha value is -0.610. The molecule has 0 aromatic heterocycles. The van der Waals surface area contributed by atoms with Crippen LogP contribution in [0, 0.1) is 0 Å². The molecule has 0 aliphatic carbocycles. The molecule has 0 atom stereocenters. The summed E-state index contributed by atoms with van der Waals surface area (Å²) in [5.74, 6) is -0.699. The van der Waals surface area contributed by atoms with Gasteiger partial charge in [-0.15, -0.1) is 0 Å². The Bertz CT molecular complexity index is 151. The Morgan fingerprint density at radius 2 is 1.60 bits per heavy atom. The van der Waals surface area contributed by atoms with E-state index in [0.29, 0.717) is 0 Å². The lowest BCUT2D eigenvalue weighted by Crippen LogP contribution is -2.36. The zero-order valence-electron chi connectivity index (χ0n) is 5.66. The van der Waals surface area contributed by atoms with Crippen molar-refractivity contribution in [2.75, 3.05) is 26.2 Å². The molecule has 4 nitrogen and oxygen atoms in total. The van der Waals surface area contributed by atoms with Gasteiger partial charge >= 0.3 is 5.97 Å². The third-order valence-electron chi connectivity index (χ3n) is 1.88. The first-order valence-electron chi connectivity index (χ1n) is 3.50. The van der Waals surface area contributed by atoms with Crippen molar-refractivity contribution in [3.8, 4) is 0 Å². The highest BCUT2D eigenvalue weighted by Gasteiger charge is 2.41. The molecule has 2 heterocycles. The van der Waals surface area contributed by atoms with Crippen LogP contribution in [0.15, 0.2) is 0 Å². The molecular weight excluding hydrogens is 132 g/mol. The molecule has 0 saturated carbocycles. The fourth-order valence-corrected chi connectivity index (χ4v) is 1.15. The Kier molecular flexibility index (Phi) is 1.18. The van der Waals surface area contributed by atoms with Crippen LogP contribution in [0.5, 0.6) is 0 Å². The minimum absolute atomic E-state index is 0.306. The van der Waals surface area contributed by atoms with Crippen LogP contribution in [-0.4, -0.2) is 53.2 Å². The van der Waals surface area contributed by atoms with Gasteiger partial charge in [0, 0.05) is 26.2 Å². The topological polar surface area (TPSA) is 43.3 Å². The zero-order chi connectivity index (χ0) is 7.14. The van der Waals surface area contributed by atoms with E-state index < -0.39 is 5.97 Å². The van der Waals surface area contributed by atoms with Crippen LogP contribution in [0.2, 0.25) is 0 Å². The summed E-state index contributed by atoms with van der Waals surface area (Å²) in [5.41, 5.74) is 0. The van der Waals surface area contributed by atoms with Crippen molar-refractivity contribution in [3.05, 3.63) is 0 Å². The predicted octanol–water partition coefficient (Wildman–Crippen LogP) is -0.972. The molecule has 0 aromatic rings. The van der Waals surface area contributed by atoms with Crippen molar-refractivity contribution in [3.63, 3.8) is 0 Å². The van der Waals surface area contributed by atoms with Gasteiger partial charge in [-0.3, -0.25) is 9.80 Å². The maximum absolute atomic E-state index is 10.6. The zero-order valence-corrected chi connectivity index (χ0v) is 5.66. The van der Waals surface area contributed by atoms with Crippen LogP contribution < -0.4 is 0 Å². The standard InChI is InChI=1S/C6H10N2O2/c9-6(10)5(7-1-2-7)8-3-4-8/h5H,1-4H2,(H,9,10). The van der Waals surface area contributed by atoms with Gasteiger partial charge in [0.15, 0.2) is 6.17 Å². The highest BCUT2D eigenvalue weighted by atomic mass is 16.4. The molecular formula is C6H10N2O2. The first-order valence-corrected chi connectivity index (χ1v) is 3.50. The third-order valence-corrected chi connectivity index (χ3v) is 1.88. The summed E-state index contributed by atoms with van der Waals surface area (Å²) >= 11 is 0. The largest absolute Gasteiger partial charge is 0.479 e. The molecule has 2 saturated heterocycles. The highest BCUT2D eigenvalue weighted by Crippen LogP contribution is 2.20. The highest BCUT2D eigenvalue weighted by molar-refractivity contribution is 5.73. The Morgan fingerprint density at radius 1 is 1.20 bits per heavy atom. The second-order valence-corrected chi connectivity index (χ2v) is 2.78. The summed E-state index contributed by atoms with van der Waals surface area (Å²) in [6.45, 7) is 3.81. The average Bonchev–Trinajstić information content (AvgIpc) is 2.49. The van der Waals surface area contributed by atoms with E-state index in [9.17, 15) is 4.79 Å². The number of nitrogens with zero attached hydrogens (tertiary/aromatic N) is 2. The van der Waals surface area contributed by atoms with Gasteiger partial charge in [-0.1, -0.05) is 0 Å². The quantitative estimate of drug-likeness (QED) is 0.515. The lowest BCUT2D eigenvalue weighted by Gasteiger charge is -2.12. The molecule has 0 unspecified atom stereocenters. The van der Waals surface area contributed by atoms with Gasteiger partial charge in [0.25, 0.3) is 0 Å². The molecule has 0 amide bonds. The normalized spacial score (nSPS) is 25.3. The fraction of sp³-hybridized carbons (Fsp3) is 0.833. The molecule has 4 heteroatoms. The Balaban J connectivity index is 1.98. The van der Waals surface area contributed by atoms with Crippen molar-refractivity contribution in [2.24, 2.45) is 0 Å². The van der Waals surface area contributed by atoms with Crippen molar-refractivity contribution in [2.45, 2.75) is 6.17 Å². The SMILES string of the molecule is O=C(O)C(N1CC1)N1CC1. The minimum Gasteiger partial charge on any atom is -0.479 e. The fourth-order valence-electron chi connectivity index (χ4n) is 1.15. The van der Waals surface area contributed by atoms with Crippen LogP contribution in [0.3, 0.4) is 0 Å². The molecule has 2 rings (SSSR count). The van der Waals surface area contributed by atoms with E-state index in [1.807, 2.05) is 9.80 Å². The van der Waals surface area contributed by atoms with Crippen molar-refractivity contribution in [1.29, 1.82) is 0 Å².